The van der Waals surface area contributed by atoms with Crippen LogP contribution in [0.15, 0.2) is 54.6 Å². The van der Waals surface area contributed by atoms with Crippen molar-refractivity contribution >= 4 is 29.0 Å². The second kappa shape index (κ2) is 8.12. The maximum atomic E-state index is 12.0. The Morgan fingerprint density at radius 3 is 2.32 bits per heavy atom. The van der Waals surface area contributed by atoms with Crippen molar-refractivity contribution in [1.82, 2.24) is 4.90 Å². The van der Waals surface area contributed by atoms with E-state index in [1.54, 1.807) is 11.9 Å². The van der Waals surface area contributed by atoms with E-state index in [0.717, 1.165) is 16.8 Å². The van der Waals surface area contributed by atoms with E-state index in [-0.39, 0.29) is 12.5 Å². The molecule has 0 saturated carbocycles. The molecule has 4 nitrogen and oxygen atoms in total. The van der Waals surface area contributed by atoms with Crippen molar-refractivity contribution < 1.29 is 9.53 Å². The normalized spacial score (nSPS) is 10.9. The van der Waals surface area contributed by atoms with Gasteiger partial charge in [0.25, 0.3) is 0 Å². The van der Waals surface area contributed by atoms with E-state index in [9.17, 15) is 4.79 Å². The summed E-state index contributed by atoms with van der Waals surface area (Å²) in [5.41, 5.74) is 2.54. The first kappa shape index (κ1) is 18.9. The third-order valence-electron chi connectivity index (χ3n) is 3.39. The second-order valence-corrected chi connectivity index (χ2v) is 7.17. The van der Waals surface area contributed by atoms with Crippen LogP contribution in [0.5, 0.6) is 0 Å². The molecule has 0 aliphatic carbocycles. The number of nitrogens with zero attached hydrogens (tertiary/aromatic N) is 1. The molecule has 0 unspecified atom stereocenters. The average molecular weight is 356 g/mol. The predicted octanol–water partition coefficient (Wildman–Crippen LogP) is 4.32. The summed E-state index contributed by atoms with van der Waals surface area (Å²) in [6.45, 7) is 5.63. The number of benzene rings is 2. The number of ether oxygens (including phenoxy) is 1. The minimum atomic E-state index is -0.507. The van der Waals surface area contributed by atoms with Gasteiger partial charge in [-0.15, -0.1) is 0 Å². The van der Waals surface area contributed by atoms with E-state index in [1.807, 2.05) is 75.4 Å². The fourth-order valence-corrected chi connectivity index (χ4v) is 2.49. The molecule has 2 aromatic carbocycles. The Balaban J connectivity index is 2.07. The summed E-state index contributed by atoms with van der Waals surface area (Å²) in [4.78, 5) is 13.6. The van der Waals surface area contributed by atoms with Gasteiger partial charge in [-0.3, -0.25) is 4.79 Å². The van der Waals surface area contributed by atoms with E-state index < -0.39 is 5.60 Å². The third kappa shape index (κ3) is 5.87. The number of carbonyl (C=O) groups excluding carboxylic acids is 1. The summed E-state index contributed by atoms with van der Waals surface area (Å²) in [5.74, 6) is -0.310. The molecule has 0 heterocycles. The summed E-state index contributed by atoms with van der Waals surface area (Å²) in [7, 11) is 1.77. The maximum absolute atomic E-state index is 12.0. The highest BCUT2D eigenvalue weighted by Crippen LogP contribution is 2.27. The Labute approximate surface area is 154 Å². The number of carbonyl (C=O) groups is 1. The van der Waals surface area contributed by atoms with Crippen LogP contribution in [0, 0.1) is 0 Å². The van der Waals surface area contributed by atoms with E-state index in [4.69, 9.17) is 17.0 Å². The van der Waals surface area contributed by atoms with Crippen LogP contribution in [0.1, 0.15) is 20.8 Å². The molecular weight excluding hydrogens is 332 g/mol. The zero-order valence-electron chi connectivity index (χ0n) is 15.1. The van der Waals surface area contributed by atoms with Crippen LogP contribution in [-0.4, -0.2) is 35.2 Å². The predicted molar refractivity (Wildman–Crippen MR) is 107 cm³/mol. The molecule has 0 spiro atoms. The van der Waals surface area contributed by atoms with Gasteiger partial charge in [0.2, 0.25) is 0 Å². The van der Waals surface area contributed by atoms with Gasteiger partial charge in [0.1, 0.15) is 12.1 Å². The Hall–Kier alpha value is -2.40. The van der Waals surface area contributed by atoms with Crippen molar-refractivity contribution in [3.05, 3.63) is 54.6 Å². The lowest BCUT2D eigenvalue weighted by atomic mass is 10.0. The van der Waals surface area contributed by atoms with Crippen LogP contribution in [-0.2, 0) is 9.53 Å². The topological polar surface area (TPSA) is 41.6 Å². The lowest BCUT2D eigenvalue weighted by molar-refractivity contribution is -0.154. The first-order valence-electron chi connectivity index (χ1n) is 8.15. The number of anilines is 1. The highest BCUT2D eigenvalue weighted by atomic mass is 32.1. The molecule has 0 radical (unpaired) electrons. The minimum absolute atomic E-state index is 0.0939. The molecule has 0 aliphatic rings. The van der Waals surface area contributed by atoms with Crippen molar-refractivity contribution in [2.45, 2.75) is 26.4 Å². The van der Waals surface area contributed by atoms with Crippen molar-refractivity contribution in [1.29, 1.82) is 0 Å². The lowest BCUT2D eigenvalue weighted by Gasteiger charge is -2.24. The van der Waals surface area contributed by atoms with Crippen LogP contribution in [0.2, 0.25) is 0 Å². The van der Waals surface area contributed by atoms with Crippen LogP contribution in [0.3, 0.4) is 0 Å². The monoisotopic (exact) mass is 356 g/mol. The number of rotatable bonds is 4. The molecule has 2 rings (SSSR count). The van der Waals surface area contributed by atoms with Gasteiger partial charge in [-0.2, -0.15) is 0 Å². The smallest absolute Gasteiger partial charge is 0.326 e. The molecule has 0 aliphatic heterocycles. The summed E-state index contributed by atoms with van der Waals surface area (Å²) in [5, 5.41) is 3.69. The SMILES string of the molecule is CN(CC(=O)OC(C)(C)C)C(=S)Nc1ccccc1-c1ccccc1. The van der Waals surface area contributed by atoms with E-state index in [2.05, 4.69) is 5.32 Å². The Morgan fingerprint density at radius 2 is 1.68 bits per heavy atom. The van der Waals surface area contributed by atoms with Crippen molar-refractivity contribution in [2.24, 2.45) is 0 Å². The van der Waals surface area contributed by atoms with Gasteiger partial charge in [-0.05, 0) is 44.6 Å². The molecule has 5 heteroatoms. The Morgan fingerprint density at radius 1 is 1.08 bits per heavy atom. The molecule has 0 saturated heterocycles. The standard InChI is InChI=1S/C20H24N2O2S/c1-20(2,3)24-18(23)14-22(4)19(25)21-17-13-9-8-12-16(17)15-10-6-5-7-11-15/h5-13H,14H2,1-4H3,(H,21,25). The van der Waals surface area contributed by atoms with E-state index in [1.165, 1.54) is 0 Å². The summed E-state index contributed by atoms with van der Waals surface area (Å²) >= 11 is 5.44. The number of esters is 1. The maximum Gasteiger partial charge on any atom is 0.326 e. The molecule has 0 aromatic heterocycles. The van der Waals surface area contributed by atoms with Crippen LogP contribution < -0.4 is 5.32 Å². The molecule has 1 N–H and O–H groups in total. The van der Waals surface area contributed by atoms with Crippen molar-refractivity contribution in [3.8, 4) is 11.1 Å². The number of thiocarbonyl (C=S) groups is 1. The number of hydrogen-bond donors (Lipinski definition) is 1. The Kier molecular flexibility index (Phi) is 6.15. The van der Waals surface area contributed by atoms with Gasteiger partial charge in [0.15, 0.2) is 5.11 Å². The fraction of sp³-hybridized carbons (Fsp3) is 0.300. The lowest BCUT2D eigenvalue weighted by Crippen LogP contribution is -2.38. The van der Waals surface area contributed by atoms with Crippen molar-refractivity contribution in [2.75, 3.05) is 18.9 Å². The molecule has 25 heavy (non-hydrogen) atoms. The van der Waals surface area contributed by atoms with Gasteiger partial charge in [-0.25, -0.2) is 0 Å². The van der Waals surface area contributed by atoms with Gasteiger partial charge in [0, 0.05) is 18.3 Å². The summed E-state index contributed by atoms with van der Waals surface area (Å²) in [6.07, 6.45) is 0. The van der Waals surface area contributed by atoms with Gasteiger partial charge in [0.05, 0.1) is 0 Å². The van der Waals surface area contributed by atoms with Gasteiger partial charge >= 0.3 is 5.97 Å². The molecule has 0 atom stereocenters. The summed E-state index contributed by atoms with van der Waals surface area (Å²) < 4.78 is 5.33. The van der Waals surface area contributed by atoms with Gasteiger partial charge < -0.3 is 15.0 Å². The van der Waals surface area contributed by atoms with Crippen molar-refractivity contribution in [3.63, 3.8) is 0 Å². The zero-order valence-corrected chi connectivity index (χ0v) is 15.9. The summed E-state index contributed by atoms with van der Waals surface area (Å²) in [6, 6.07) is 18.0. The molecular formula is C20H24N2O2S. The van der Waals surface area contributed by atoms with Gasteiger partial charge in [-0.1, -0.05) is 48.5 Å². The van der Waals surface area contributed by atoms with Crippen LogP contribution in [0.4, 0.5) is 5.69 Å². The third-order valence-corrected chi connectivity index (χ3v) is 3.80. The number of nitrogens with one attached hydrogen (secondary N) is 1. The number of likely N-dealkylation sites (N-methyl/N-ethyl adjacent to an activating group) is 1. The first-order chi connectivity index (χ1) is 11.8. The molecule has 0 fully saturated rings. The molecule has 2 aromatic rings. The molecule has 0 amide bonds. The van der Waals surface area contributed by atoms with E-state index >= 15 is 0 Å². The highest BCUT2D eigenvalue weighted by Gasteiger charge is 2.19. The average Bonchev–Trinajstić information content (AvgIpc) is 2.54. The Bertz CT molecular complexity index is 739. The minimum Gasteiger partial charge on any atom is -0.459 e. The van der Waals surface area contributed by atoms with Crippen LogP contribution in [0.25, 0.3) is 11.1 Å². The largest absolute Gasteiger partial charge is 0.459 e. The molecule has 132 valence electrons. The second-order valence-electron chi connectivity index (χ2n) is 6.78. The molecule has 0 bridgehead atoms. The first-order valence-corrected chi connectivity index (χ1v) is 8.55. The quantitative estimate of drug-likeness (QED) is 0.652. The highest BCUT2D eigenvalue weighted by molar-refractivity contribution is 7.80. The number of para-hydroxylation sites is 1. The van der Waals surface area contributed by atoms with Crippen LogP contribution >= 0.6 is 12.2 Å². The fourth-order valence-electron chi connectivity index (χ4n) is 2.31. The van der Waals surface area contributed by atoms with E-state index in [0.29, 0.717) is 5.11 Å². The zero-order chi connectivity index (χ0) is 18.4. The number of hydrogen-bond acceptors (Lipinski definition) is 3.